The molecule has 5 nitrogen and oxygen atoms in total. The van der Waals surface area contributed by atoms with Gasteiger partial charge in [-0.1, -0.05) is 92.3 Å². The number of hydrogen-bond acceptors (Lipinski definition) is 3. The Morgan fingerprint density at radius 3 is 2.14 bits per heavy atom. The summed E-state index contributed by atoms with van der Waals surface area (Å²) in [6.45, 7) is 8.45. The van der Waals surface area contributed by atoms with Crippen LogP contribution in [-0.2, 0) is 0 Å². The van der Waals surface area contributed by atoms with Gasteiger partial charge in [-0.2, -0.15) is 4.52 Å². The second-order valence-electron chi connectivity index (χ2n) is 9.93. The molecule has 0 unspecified atom stereocenters. The highest BCUT2D eigenvalue weighted by Gasteiger charge is 2.21. The Morgan fingerprint density at radius 2 is 1.50 bits per heavy atom. The summed E-state index contributed by atoms with van der Waals surface area (Å²) < 4.78 is 1.55. The Labute approximate surface area is 211 Å². The molecule has 0 saturated heterocycles. The molecule has 2 aromatic heterocycles. The second kappa shape index (κ2) is 9.03. The highest BCUT2D eigenvalue weighted by atomic mass is 28.3. The maximum Gasteiger partial charge on any atom is 0.280 e. The molecule has 5 rings (SSSR count). The largest absolute Gasteiger partial charge is 0.398 e. The molecule has 2 heterocycles. The zero-order valence-electron chi connectivity index (χ0n) is 20.9. The van der Waals surface area contributed by atoms with Gasteiger partial charge in [0.2, 0.25) is 0 Å². The molecule has 0 bridgehead atoms. The maximum atomic E-state index is 13.9. The molecular formula is C30H28N4OSi. The molecular weight excluding hydrogens is 460 g/mol. The van der Waals surface area contributed by atoms with E-state index < -0.39 is 8.07 Å². The third-order valence-electron chi connectivity index (χ3n) is 6.00. The zero-order valence-corrected chi connectivity index (χ0v) is 21.9. The number of aromatic nitrogens is 3. The lowest BCUT2D eigenvalue weighted by molar-refractivity contribution is 0.897. The van der Waals surface area contributed by atoms with Crippen molar-refractivity contribution in [2.45, 2.75) is 26.6 Å². The number of aryl methyl sites for hydroxylation is 1. The van der Waals surface area contributed by atoms with Crippen molar-refractivity contribution < 1.29 is 0 Å². The average molecular weight is 489 g/mol. The van der Waals surface area contributed by atoms with Gasteiger partial charge in [0, 0.05) is 16.8 Å². The summed E-state index contributed by atoms with van der Waals surface area (Å²) in [6.07, 6.45) is 0. The molecule has 0 atom stereocenters. The van der Waals surface area contributed by atoms with Crippen LogP contribution in [0.3, 0.4) is 0 Å². The molecule has 5 aromatic rings. The van der Waals surface area contributed by atoms with Gasteiger partial charge in [-0.3, -0.25) is 9.89 Å². The van der Waals surface area contributed by atoms with E-state index in [1.165, 1.54) is 0 Å². The van der Waals surface area contributed by atoms with Gasteiger partial charge in [-0.25, -0.2) is 4.98 Å². The van der Waals surface area contributed by atoms with Crippen LogP contribution < -0.4 is 11.3 Å². The predicted molar refractivity (Wildman–Crippen MR) is 151 cm³/mol. The van der Waals surface area contributed by atoms with Gasteiger partial charge in [0.25, 0.3) is 5.56 Å². The molecule has 178 valence electrons. The Kier molecular flexibility index (Phi) is 5.87. The van der Waals surface area contributed by atoms with E-state index in [0.717, 1.165) is 33.5 Å². The minimum Gasteiger partial charge on any atom is -0.398 e. The first-order valence-electron chi connectivity index (χ1n) is 11.9. The Balaban J connectivity index is 1.77. The van der Waals surface area contributed by atoms with E-state index in [-0.39, 0.29) is 5.56 Å². The van der Waals surface area contributed by atoms with Crippen LogP contribution in [0.15, 0.2) is 83.7 Å². The number of nitrogens with two attached hydrogens (primary N) is 1. The molecule has 3 aromatic carbocycles. The third-order valence-corrected chi connectivity index (χ3v) is 6.88. The van der Waals surface area contributed by atoms with E-state index in [9.17, 15) is 4.79 Å². The second-order valence-corrected chi connectivity index (χ2v) is 14.7. The standard InChI is InChI=1S/C30H28N4OSi/c1-20-26(24-15-16-25(31)23(19-24)17-18-36(2,3)4)30(35)34-29(32-20)27(21-11-7-5-8-12-21)28(33-34)22-13-9-6-10-14-22/h5-16,19,33H,31H2,1-4H3. The Bertz CT molecular complexity index is 1700. The normalized spacial score (nSPS) is 11.3. The van der Waals surface area contributed by atoms with Crippen LogP contribution in [0, 0.1) is 18.4 Å². The van der Waals surface area contributed by atoms with Crippen LogP contribution in [0.1, 0.15) is 11.3 Å². The number of hydrogen-bond donors (Lipinski definition) is 2. The molecule has 0 saturated carbocycles. The number of rotatable bonds is 3. The number of H-pyrrole nitrogens is 1. The lowest BCUT2D eigenvalue weighted by Gasteiger charge is -2.09. The fourth-order valence-corrected chi connectivity index (χ4v) is 4.79. The number of benzene rings is 3. The lowest BCUT2D eigenvalue weighted by atomic mass is 10.0. The van der Waals surface area contributed by atoms with Crippen LogP contribution in [0.4, 0.5) is 5.69 Å². The molecule has 36 heavy (non-hydrogen) atoms. The molecule has 0 spiro atoms. The topological polar surface area (TPSA) is 76.2 Å². The number of fused-ring (bicyclic) bond motifs is 1. The molecule has 6 heteroatoms. The van der Waals surface area contributed by atoms with Crippen molar-refractivity contribution in [1.82, 2.24) is 14.6 Å². The monoisotopic (exact) mass is 488 g/mol. The summed E-state index contributed by atoms with van der Waals surface area (Å²) in [5.74, 6) is 3.25. The number of nitrogens with zero attached hydrogens (tertiary/aromatic N) is 2. The van der Waals surface area contributed by atoms with Gasteiger partial charge < -0.3 is 5.73 Å². The van der Waals surface area contributed by atoms with Crippen molar-refractivity contribution in [3.8, 4) is 45.0 Å². The smallest absolute Gasteiger partial charge is 0.280 e. The van der Waals surface area contributed by atoms with E-state index in [0.29, 0.717) is 22.6 Å². The number of aromatic amines is 1. The number of anilines is 1. The van der Waals surface area contributed by atoms with Crippen LogP contribution in [0.25, 0.3) is 39.2 Å². The summed E-state index contributed by atoms with van der Waals surface area (Å²) in [5, 5.41) is 3.35. The zero-order chi connectivity index (χ0) is 25.4. The summed E-state index contributed by atoms with van der Waals surface area (Å²) in [7, 11) is -1.59. The van der Waals surface area contributed by atoms with Crippen molar-refractivity contribution in [1.29, 1.82) is 0 Å². The van der Waals surface area contributed by atoms with E-state index >= 15 is 0 Å². The molecule has 0 aliphatic heterocycles. The summed E-state index contributed by atoms with van der Waals surface area (Å²) in [5.41, 5.74) is 17.0. The number of nitrogen functional groups attached to an aromatic ring is 1. The molecule has 0 aliphatic carbocycles. The van der Waals surface area contributed by atoms with Crippen molar-refractivity contribution in [2.24, 2.45) is 0 Å². The van der Waals surface area contributed by atoms with E-state index in [4.69, 9.17) is 10.7 Å². The van der Waals surface area contributed by atoms with Gasteiger partial charge in [0.05, 0.1) is 22.5 Å². The summed E-state index contributed by atoms with van der Waals surface area (Å²) >= 11 is 0. The first-order chi connectivity index (χ1) is 17.2. The van der Waals surface area contributed by atoms with Crippen LogP contribution >= 0.6 is 0 Å². The van der Waals surface area contributed by atoms with Crippen molar-refractivity contribution in [3.05, 3.63) is 100 Å². The number of nitrogens with one attached hydrogen (secondary N) is 1. The first-order valence-corrected chi connectivity index (χ1v) is 15.4. The van der Waals surface area contributed by atoms with Gasteiger partial charge in [-0.05, 0) is 30.2 Å². The molecule has 0 fully saturated rings. The van der Waals surface area contributed by atoms with E-state index in [1.807, 2.05) is 85.8 Å². The Morgan fingerprint density at radius 1 is 0.861 bits per heavy atom. The van der Waals surface area contributed by atoms with Crippen molar-refractivity contribution in [2.75, 3.05) is 5.73 Å². The van der Waals surface area contributed by atoms with E-state index in [2.05, 4.69) is 36.2 Å². The summed E-state index contributed by atoms with van der Waals surface area (Å²) in [6, 6.07) is 25.6. The van der Waals surface area contributed by atoms with Crippen LogP contribution in [0.5, 0.6) is 0 Å². The fourth-order valence-electron chi connectivity index (χ4n) is 4.28. The van der Waals surface area contributed by atoms with Crippen molar-refractivity contribution in [3.63, 3.8) is 0 Å². The molecule has 3 N–H and O–H groups in total. The van der Waals surface area contributed by atoms with Crippen molar-refractivity contribution >= 4 is 19.4 Å². The highest BCUT2D eigenvalue weighted by Crippen LogP contribution is 2.34. The van der Waals surface area contributed by atoms with Gasteiger partial charge in [0.15, 0.2) is 5.65 Å². The minimum absolute atomic E-state index is 0.161. The average Bonchev–Trinajstić information content (AvgIpc) is 3.24. The predicted octanol–water partition coefficient (Wildman–Crippen LogP) is 6.14. The van der Waals surface area contributed by atoms with Crippen LogP contribution in [-0.4, -0.2) is 22.7 Å². The van der Waals surface area contributed by atoms with E-state index in [1.54, 1.807) is 4.52 Å². The minimum atomic E-state index is -1.59. The molecule has 0 amide bonds. The molecule has 0 radical (unpaired) electrons. The SMILES string of the molecule is Cc1nc2c(-c3ccccc3)c(-c3ccccc3)[nH]n2c(=O)c1-c1ccc(N)c(C#C[Si](C)(C)C)c1. The Hall–Kier alpha value is -4.34. The molecule has 0 aliphatic rings. The van der Waals surface area contributed by atoms with Gasteiger partial charge in [-0.15, -0.1) is 5.54 Å². The van der Waals surface area contributed by atoms with Gasteiger partial charge in [0.1, 0.15) is 8.07 Å². The maximum absolute atomic E-state index is 13.9. The summed E-state index contributed by atoms with van der Waals surface area (Å²) in [4.78, 5) is 18.9. The third kappa shape index (κ3) is 4.37. The highest BCUT2D eigenvalue weighted by molar-refractivity contribution is 6.83. The fraction of sp³-hybridized carbons (Fsp3) is 0.133. The first kappa shape index (κ1) is 23.4. The quantitative estimate of drug-likeness (QED) is 0.182. The van der Waals surface area contributed by atoms with Gasteiger partial charge >= 0.3 is 0 Å². The lowest BCUT2D eigenvalue weighted by Crippen LogP contribution is -2.19. The van der Waals surface area contributed by atoms with Crippen LogP contribution in [0.2, 0.25) is 19.6 Å².